The number of aromatic carboxylic acids is 1. The highest BCUT2D eigenvalue weighted by Crippen LogP contribution is 2.13. The van der Waals surface area contributed by atoms with Gasteiger partial charge in [-0.05, 0) is 20.2 Å². The van der Waals surface area contributed by atoms with E-state index < -0.39 is 5.97 Å². The summed E-state index contributed by atoms with van der Waals surface area (Å²) in [7, 11) is 3.95. The fourth-order valence-corrected chi connectivity index (χ4v) is 1.96. The van der Waals surface area contributed by atoms with E-state index in [1.165, 1.54) is 0 Å². The number of nitrogens with zero attached hydrogens (tertiary/aromatic N) is 4. The molecule has 1 aromatic rings. The molecule has 7 nitrogen and oxygen atoms in total. The average Bonchev–Trinajstić information content (AvgIpc) is 2.45. The summed E-state index contributed by atoms with van der Waals surface area (Å²) in [6, 6.07) is 1.55. The Morgan fingerprint density at radius 3 is 2.70 bits per heavy atom. The molecule has 1 saturated heterocycles. The van der Waals surface area contributed by atoms with E-state index in [4.69, 9.17) is 9.84 Å². The molecule has 0 aliphatic carbocycles. The molecule has 1 aliphatic rings. The number of hydrogen-bond acceptors (Lipinski definition) is 6. The van der Waals surface area contributed by atoms with Gasteiger partial charge in [0.25, 0.3) is 0 Å². The minimum absolute atomic E-state index is 0.0512. The van der Waals surface area contributed by atoms with Crippen LogP contribution in [0, 0.1) is 0 Å². The number of morpholine rings is 1. The van der Waals surface area contributed by atoms with Crippen molar-refractivity contribution in [3.8, 4) is 0 Å². The molecule has 2 rings (SSSR count). The average molecular weight is 280 g/mol. The highest BCUT2D eigenvalue weighted by atomic mass is 16.5. The van der Waals surface area contributed by atoms with Gasteiger partial charge in [0.1, 0.15) is 0 Å². The van der Waals surface area contributed by atoms with Crippen LogP contribution in [0.2, 0.25) is 0 Å². The van der Waals surface area contributed by atoms with Crippen molar-refractivity contribution in [1.82, 2.24) is 14.9 Å². The van der Waals surface area contributed by atoms with Crippen molar-refractivity contribution >= 4 is 11.9 Å². The fourth-order valence-electron chi connectivity index (χ4n) is 1.96. The molecule has 0 amide bonds. The van der Waals surface area contributed by atoms with Crippen molar-refractivity contribution in [3.63, 3.8) is 0 Å². The predicted octanol–water partition coefficient (Wildman–Crippen LogP) is 0.116. The Labute approximate surface area is 118 Å². The van der Waals surface area contributed by atoms with Gasteiger partial charge < -0.3 is 19.6 Å². The molecule has 0 spiro atoms. The van der Waals surface area contributed by atoms with Crippen LogP contribution in [0.1, 0.15) is 16.2 Å². The zero-order valence-electron chi connectivity index (χ0n) is 11.9. The van der Waals surface area contributed by atoms with E-state index in [-0.39, 0.29) is 5.69 Å². The van der Waals surface area contributed by atoms with E-state index in [0.717, 1.165) is 12.2 Å². The molecule has 0 unspecified atom stereocenters. The summed E-state index contributed by atoms with van der Waals surface area (Å²) in [5, 5.41) is 9.17. The molecule has 1 fully saturated rings. The van der Waals surface area contributed by atoms with Crippen LogP contribution in [0.3, 0.4) is 0 Å². The van der Waals surface area contributed by atoms with Gasteiger partial charge in [0.05, 0.1) is 13.2 Å². The quantitative estimate of drug-likeness (QED) is 0.820. The van der Waals surface area contributed by atoms with E-state index in [2.05, 4.69) is 9.97 Å². The summed E-state index contributed by atoms with van der Waals surface area (Å²) < 4.78 is 5.29. The first-order valence-corrected chi connectivity index (χ1v) is 6.65. The number of hydrogen-bond donors (Lipinski definition) is 1. The van der Waals surface area contributed by atoms with Gasteiger partial charge in [0.15, 0.2) is 5.69 Å². The van der Waals surface area contributed by atoms with Gasteiger partial charge in [-0.1, -0.05) is 0 Å². The van der Waals surface area contributed by atoms with Gasteiger partial charge in [-0.25, -0.2) is 14.8 Å². The molecule has 7 heteroatoms. The minimum Gasteiger partial charge on any atom is -0.477 e. The van der Waals surface area contributed by atoms with Gasteiger partial charge in [0, 0.05) is 31.7 Å². The Kier molecular flexibility index (Phi) is 4.86. The monoisotopic (exact) mass is 280 g/mol. The van der Waals surface area contributed by atoms with Gasteiger partial charge in [-0.2, -0.15) is 0 Å². The normalized spacial score (nSPS) is 15.7. The highest BCUT2D eigenvalue weighted by Gasteiger charge is 2.17. The highest BCUT2D eigenvalue weighted by molar-refractivity contribution is 5.85. The van der Waals surface area contributed by atoms with Crippen molar-refractivity contribution in [1.29, 1.82) is 0 Å². The van der Waals surface area contributed by atoms with Gasteiger partial charge in [0.2, 0.25) is 5.95 Å². The molecular formula is C13H20N4O3. The maximum absolute atomic E-state index is 11.2. The molecule has 1 aromatic heterocycles. The Bertz CT molecular complexity index is 473. The second kappa shape index (κ2) is 6.62. The van der Waals surface area contributed by atoms with Crippen LogP contribution in [0.15, 0.2) is 6.07 Å². The summed E-state index contributed by atoms with van der Waals surface area (Å²) in [4.78, 5) is 23.8. The maximum Gasteiger partial charge on any atom is 0.354 e. The first kappa shape index (κ1) is 14.7. The minimum atomic E-state index is -1.02. The van der Waals surface area contributed by atoms with Crippen LogP contribution < -0.4 is 4.90 Å². The zero-order valence-corrected chi connectivity index (χ0v) is 11.9. The number of anilines is 1. The van der Waals surface area contributed by atoms with Crippen molar-refractivity contribution in [2.24, 2.45) is 0 Å². The van der Waals surface area contributed by atoms with E-state index in [9.17, 15) is 4.79 Å². The van der Waals surface area contributed by atoms with Crippen LogP contribution in [0.5, 0.6) is 0 Å². The molecule has 0 aromatic carbocycles. The lowest BCUT2D eigenvalue weighted by atomic mass is 10.2. The molecule has 0 atom stereocenters. The SMILES string of the molecule is CN(C)CCc1cc(C(=O)O)nc(N2CCOCC2)n1. The molecule has 1 aliphatic heterocycles. The fraction of sp³-hybridized carbons (Fsp3) is 0.615. The van der Waals surface area contributed by atoms with E-state index >= 15 is 0 Å². The molecular weight excluding hydrogens is 260 g/mol. The standard InChI is InChI=1S/C13H20N4O3/c1-16(2)4-3-10-9-11(12(18)19)15-13(14-10)17-5-7-20-8-6-17/h9H,3-8H2,1-2H3,(H,18,19). The third kappa shape index (κ3) is 3.88. The van der Waals surface area contributed by atoms with Crippen molar-refractivity contribution in [3.05, 3.63) is 17.5 Å². The molecule has 0 bridgehead atoms. The lowest BCUT2D eigenvalue weighted by molar-refractivity contribution is 0.0690. The molecule has 2 heterocycles. The number of rotatable bonds is 5. The smallest absolute Gasteiger partial charge is 0.354 e. The second-order valence-electron chi connectivity index (χ2n) is 5.00. The summed E-state index contributed by atoms with van der Waals surface area (Å²) in [5.41, 5.74) is 0.808. The number of carboxylic acids is 1. The van der Waals surface area contributed by atoms with Crippen LogP contribution in [0.4, 0.5) is 5.95 Å². The summed E-state index contributed by atoms with van der Waals surface area (Å²) >= 11 is 0. The van der Waals surface area contributed by atoms with Crippen molar-refractivity contribution in [2.45, 2.75) is 6.42 Å². The van der Waals surface area contributed by atoms with Crippen LogP contribution in [-0.4, -0.2) is 72.9 Å². The molecule has 110 valence electrons. The summed E-state index contributed by atoms with van der Waals surface area (Å²) in [5.74, 6) is -0.532. The van der Waals surface area contributed by atoms with E-state index in [1.54, 1.807) is 6.07 Å². The number of aromatic nitrogens is 2. The summed E-state index contributed by atoms with van der Waals surface area (Å²) in [6.07, 6.45) is 0.702. The lowest BCUT2D eigenvalue weighted by Gasteiger charge is -2.27. The Morgan fingerprint density at radius 2 is 2.10 bits per heavy atom. The number of ether oxygens (including phenoxy) is 1. The van der Waals surface area contributed by atoms with Crippen molar-refractivity contribution < 1.29 is 14.6 Å². The van der Waals surface area contributed by atoms with Crippen LogP contribution in [0.25, 0.3) is 0 Å². The van der Waals surface area contributed by atoms with Gasteiger partial charge >= 0.3 is 5.97 Å². The molecule has 20 heavy (non-hydrogen) atoms. The van der Waals surface area contributed by atoms with E-state index in [0.29, 0.717) is 38.7 Å². The Balaban J connectivity index is 2.22. The van der Waals surface area contributed by atoms with Crippen LogP contribution in [-0.2, 0) is 11.2 Å². The Hall–Kier alpha value is -1.73. The predicted molar refractivity (Wildman–Crippen MR) is 74.3 cm³/mol. The molecule has 0 saturated carbocycles. The molecule has 0 radical (unpaired) electrons. The molecule has 1 N–H and O–H groups in total. The second-order valence-corrected chi connectivity index (χ2v) is 5.00. The number of carboxylic acid groups (broad SMARTS) is 1. The number of carbonyl (C=O) groups is 1. The largest absolute Gasteiger partial charge is 0.477 e. The number of likely N-dealkylation sites (N-methyl/N-ethyl adjacent to an activating group) is 1. The van der Waals surface area contributed by atoms with E-state index in [1.807, 2.05) is 23.9 Å². The maximum atomic E-state index is 11.2. The summed E-state index contributed by atoms with van der Waals surface area (Å²) in [6.45, 7) is 3.44. The zero-order chi connectivity index (χ0) is 14.5. The first-order chi connectivity index (χ1) is 9.56. The first-order valence-electron chi connectivity index (χ1n) is 6.65. The Morgan fingerprint density at radius 1 is 1.40 bits per heavy atom. The third-order valence-electron chi connectivity index (χ3n) is 3.10. The van der Waals surface area contributed by atoms with Gasteiger partial charge in [-0.15, -0.1) is 0 Å². The van der Waals surface area contributed by atoms with Crippen LogP contribution >= 0.6 is 0 Å². The topological polar surface area (TPSA) is 78.8 Å². The lowest BCUT2D eigenvalue weighted by Crippen LogP contribution is -2.37. The van der Waals surface area contributed by atoms with Crippen molar-refractivity contribution in [2.75, 3.05) is 51.8 Å². The third-order valence-corrected chi connectivity index (χ3v) is 3.10. The van der Waals surface area contributed by atoms with Gasteiger partial charge in [-0.3, -0.25) is 0 Å².